The van der Waals surface area contributed by atoms with Crippen molar-refractivity contribution in [3.63, 3.8) is 0 Å². The lowest BCUT2D eigenvalue weighted by molar-refractivity contribution is 0.607. The maximum absolute atomic E-state index is 14.0. The van der Waals surface area contributed by atoms with Gasteiger partial charge in [0.2, 0.25) is 0 Å². The highest BCUT2D eigenvalue weighted by Gasteiger charge is 2.12. The average molecular weight is 338 g/mol. The molecule has 2 rings (SSSR count). The molecule has 0 aliphatic rings. The van der Waals surface area contributed by atoms with Gasteiger partial charge < -0.3 is 9.88 Å². The van der Waals surface area contributed by atoms with E-state index in [-0.39, 0.29) is 11.2 Å². The Balaban J connectivity index is 2.41. The third kappa shape index (κ3) is 4.17. The number of halogens is 1. The molecule has 0 spiro atoms. The molecule has 124 valence electrons. The number of rotatable bonds is 5. The molecule has 1 aromatic heterocycles. The van der Waals surface area contributed by atoms with Crippen LogP contribution in [0.15, 0.2) is 35.3 Å². The van der Waals surface area contributed by atoms with Gasteiger partial charge >= 0.3 is 0 Å². The fourth-order valence-corrected chi connectivity index (χ4v) is 2.40. The van der Waals surface area contributed by atoms with Crippen molar-refractivity contribution in [1.82, 2.24) is 8.87 Å². The molecule has 0 aliphatic heterocycles. The van der Waals surface area contributed by atoms with E-state index >= 15 is 0 Å². The van der Waals surface area contributed by atoms with Crippen LogP contribution in [0.4, 0.5) is 21.5 Å². The van der Waals surface area contributed by atoms with Crippen molar-refractivity contribution in [3.8, 4) is 0 Å². The molecule has 0 amide bonds. The van der Waals surface area contributed by atoms with Crippen molar-refractivity contribution >= 4 is 28.2 Å². The zero-order valence-corrected chi connectivity index (χ0v) is 14.2. The summed E-state index contributed by atoms with van der Waals surface area (Å²) < 4.78 is 31.6. The first-order chi connectivity index (χ1) is 10.8. The number of benzene rings is 1. The van der Waals surface area contributed by atoms with Gasteiger partial charge in [-0.05, 0) is 24.6 Å². The predicted octanol–water partition coefficient (Wildman–Crippen LogP) is 2.13. The van der Waals surface area contributed by atoms with Crippen LogP contribution in [0.1, 0.15) is 5.56 Å². The molecule has 0 radical (unpaired) electrons. The smallest absolute Gasteiger partial charge is 0.252 e. The number of nitrogens with zero attached hydrogens (tertiary/aromatic N) is 2. The molecule has 0 saturated carbocycles. The van der Waals surface area contributed by atoms with E-state index in [0.29, 0.717) is 11.4 Å². The number of pyridine rings is 1. The number of aromatic nitrogens is 1. The zero-order chi connectivity index (χ0) is 17.1. The molecule has 1 aromatic carbocycles. The molecule has 8 heteroatoms. The SMILES string of the molecule is Cc1ccc(Nc2cc(=O)n(C)cc2NS(=O)N(C)C)c(F)c1. The zero-order valence-electron chi connectivity index (χ0n) is 13.4. The van der Waals surface area contributed by atoms with E-state index in [1.807, 2.05) is 0 Å². The van der Waals surface area contributed by atoms with E-state index in [4.69, 9.17) is 0 Å². The average Bonchev–Trinajstić information content (AvgIpc) is 2.46. The summed E-state index contributed by atoms with van der Waals surface area (Å²) in [4.78, 5) is 11.9. The van der Waals surface area contributed by atoms with Gasteiger partial charge in [0.15, 0.2) is 11.2 Å². The van der Waals surface area contributed by atoms with Crippen molar-refractivity contribution in [2.75, 3.05) is 24.1 Å². The summed E-state index contributed by atoms with van der Waals surface area (Å²) in [5, 5.41) is 2.88. The van der Waals surface area contributed by atoms with Gasteiger partial charge in [0.05, 0.1) is 17.1 Å². The molecule has 0 saturated heterocycles. The molecule has 2 N–H and O–H groups in total. The molecule has 0 fully saturated rings. The first kappa shape index (κ1) is 17.2. The maximum atomic E-state index is 14.0. The topological polar surface area (TPSA) is 66.4 Å². The van der Waals surface area contributed by atoms with E-state index in [0.717, 1.165) is 5.56 Å². The molecule has 2 aromatic rings. The Morgan fingerprint density at radius 1 is 1.17 bits per heavy atom. The largest absolute Gasteiger partial charge is 0.351 e. The summed E-state index contributed by atoms with van der Waals surface area (Å²) in [5.74, 6) is -0.426. The molecule has 6 nitrogen and oxygen atoms in total. The lowest BCUT2D eigenvalue weighted by atomic mass is 10.2. The highest BCUT2D eigenvalue weighted by molar-refractivity contribution is 7.84. The Bertz CT molecular complexity index is 805. The normalized spacial score (nSPS) is 12.3. The second-order valence-corrected chi connectivity index (χ2v) is 6.75. The van der Waals surface area contributed by atoms with Crippen LogP contribution in [0.2, 0.25) is 0 Å². The minimum Gasteiger partial charge on any atom is -0.351 e. The van der Waals surface area contributed by atoms with Gasteiger partial charge in [-0.3, -0.25) is 9.52 Å². The Morgan fingerprint density at radius 2 is 1.87 bits per heavy atom. The Hall–Kier alpha value is -2.19. The number of anilines is 3. The summed E-state index contributed by atoms with van der Waals surface area (Å²) in [6.45, 7) is 1.79. The van der Waals surface area contributed by atoms with E-state index in [2.05, 4.69) is 10.0 Å². The van der Waals surface area contributed by atoms with Crippen molar-refractivity contribution in [1.29, 1.82) is 0 Å². The third-order valence-electron chi connectivity index (χ3n) is 3.15. The van der Waals surface area contributed by atoms with Crippen molar-refractivity contribution in [2.24, 2.45) is 7.05 Å². The van der Waals surface area contributed by atoms with Crippen LogP contribution in [-0.2, 0) is 18.2 Å². The first-order valence-corrected chi connectivity index (χ1v) is 7.98. The summed E-state index contributed by atoms with van der Waals surface area (Å²) in [6.07, 6.45) is 1.51. The van der Waals surface area contributed by atoms with Gasteiger partial charge in [0, 0.05) is 33.4 Å². The molecular weight excluding hydrogens is 319 g/mol. The number of aryl methyl sites for hydroxylation is 2. The summed E-state index contributed by atoms with van der Waals surface area (Å²) >= 11 is -1.48. The Kier molecular flexibility index (Phi) is 5.17. The third-order valence-corrected chi connectivity index (χ3v) is 4.21. The summed E-state index contributed by atoms with van der Waals surface area (Å²) in [6, 6.07) is 6.08. The molecule has 0 bridgehead atoms. The second-order valence-electron chi connectivity index (χ2n) is 5.32. The fraction of sp³-hybridized carbons (Fsp3) is 0.267. The monoisotopic (exact) mass is 338 g/mol. The van der Waals surface area contributed by atoms with Crippen LogP contribution in [0.5, 0.6) is 0 Å². The van der Waals surface area contributed by atoms with Crippen molar-refractivity contribution in [3.05, 3.63) is 52.2 Å². The molecule has 23 heavy (non-hydrogen) atoms. The molecule has 0 aliphatic carbocycles. The first-order valence-electron chi connectivity index (χ1n) is 6.87. The van der Waals surface area contributed by atoms with Gasteiger partial charge in [-0.25, -0.2) is 12.9 Å². The van der Waals surface area contributed by atoms with Crippen LogP contribution in [0.3, 0.4) is 0 Å². The lowest BCUT2D eigenvalue weighted by Gasteiger charge is -2.17. The Morgan fingerprint density at radius 3 is 2.48 bits per heavy atom. The second kappa shape index (κ2) is 6.93. The van der Waals surface area contributed by atoms with E-state index < -0.39 is 17.0 Å². The predicted molar refractivity (Wildman–Crippen MR) is 91.6 cm³/mol. The Labute approximate surface area is 136 Å². The van der Waals surface area contributed by atoms with Crippen LogP contribution in [0.25, 0.3) is 0 Å². The van der Waals surface area contributed by atoms with E-state index in [1.165, 1.54) is 27.2 Å². The molecule has 1 atom stereocenters. The van der Waals surface area contributed by atoms with Gasteiger partial charge in [0.1, 0.15) is 5.82 Å². The maximum Gasteiger partial charge on any atom is 0.252 e. The minimum absolute atomic E-state index is 0.238. The number of hydrogen-bond donors (Lipinski definition) is 2. The summed E-state index contributed by atoms with van der Waals surface area (Å²) in [7, 11) is 4.89. The molecule has 1 unspecified atom stereocenters. The fourth-order valence-electron chi connectivity index (χ4n) is 1.87. The standard InChI is InChI=1S/C15H19FN4O2S/c1-10-5-6-12(11(16)7-10)17-13-8-15(21)20(4)9-14(13)18-23(22)19(2)3/h5-9,17-18H,1-4H3. The summed E-state index contributed by atoms with van der Waals surface area (Å²) in [5.41, 5.74) is 1.55. The highest BCUT2D eigenvalue weighted by Crippen LogP contribution is 2.26. The van der Waals surface area contributed by atoms with Crippen LogP contribution < -0.4 is 15.6 Å². The quantitative estimate of drug-likeness (QED) is 0.878. The van der Waals surface area contributed by atoms with Gasteiger partial charge in [0.25, 0.3) is 5.56 Å². The van der Waals surface area contributed by atoms with Gasteiger partial charge in [-0.15, -0.1) is 0 Å². The van der Waals surface area contributed by atoms with Crippen LogP contribution in [-0.4, -0.2) is 27.2 Å². The number of nitrogens with one attached hydrogen (secondary N) is 2. The van der Waals surface area contributed by atoms with E-state index in [9.17, 15) is 13.4 Å². The molecule has 1 heterocycles. The van der Waals surface area contributed by atoms with Gasteiger partial charge in [-0.2, -0.15) is 0 Å². The minimum atomic E-state index is -1.48. The van der Waals surface area contributed by atoms with Crippen molar-refractivity contribution in [2.45, 2.75) is 6.92 Å². The van der Waals surface area contributed by atoms with Gasteiger partial charge in [-0.1, -0.05) is 6.07 Å². The van der Waals surface area contributed by atoms with Crippen molar-refractivity contribution < 1.29 is 8.60 Å². The van der Waals surface area contributed by atoms with E-state index in [1.54, 1.807) is 40.2 Å². The lowest BCUT2D eigenvalue weighted by Crippen LogP contribution is -2.24. The van der Waals surface area contributed by atoms with Crippen LogP contribution in [0, 0.1) is 12.7 Å². The highest BCUT2D eigenvalue weighted by atomic mass is 32.2. The van der Waals surface area contributed by atoms with Crippen LogP contribution >= 0.6 is 0 Å². The molecular formula is C15H19FN4O2S. The number of hydrogen-bond acceptors (Lipinski definition) is 3.